The normalized spacial score (nSPS) is 9.43. The zero-order chi connectivity index (χ0) is 10.8. The van der Waals surface area contributed by atoms with Crippen molar-refractivity contribution in [2.75, 3.05) is 24.7 Å². The third-order valence-corrected chi connectivity index (χ3v) is 3.20. The van der Waals surface area contributed by atoms with Gasteiger partial charge in [-0.05, 0) is 0 Å². The maximum Gasteiger partial charge on any atom is 0.505 e. The van der Waals surface area contributed by atoms with Gasteiger partial charge in [0, 0.05) is 11.5 Å². The third kappa shape index (κ3) is 11.2. The van der Waals surface area contributed by atoms with Gasteiger partial charge >= 0.3 is 12.3 Å². The minimum absolute atomic E-state index is 0.132. The Morgan fingerprint density at radius 2 is 1.29 bits per heavy atom. The van der Waals surface area contributed by atoms with Crippen LogP contribution in [0.3, 0.4) is 0 Å². The summed E-state index contributed by atoms with van der Waals surface area (Å²) >= 11 is 0. The molecule has 0 aliphatic rings. The van der Waals surface area contributed by atoms with Crippen molar-refractivity contribution in [1.82, 2.24) is 0 Å². The largest absolute Gasteiger partial charge is 0.505 e. The molecule has 0 amide bonds. The van der Waals surface area contributed by atoms with Crippen molar-refractivity contribution in [3.05, 3.63) is 0 Å². The van der Waals surface area contributed by atoms with Crippen molar-refractivity contribution >= 4 is 33.9 Å². The van der Waals surface area contributed by atoms with Crippen molar-refractivity contribution in [2.45, 2.75) is 0 Å². The predicted octanol–water partition coefficient (Wildman–Crippen LogP) is 1.76. The van der Waals surface area contributed by atoms with E-state index in [9.17, 15) is 9.59 Å². The Kier molecular flexibility index (Phi) is 8.34. The standard InChI is InChI=1S/C6H10O6S2/c7-5(8)11-1-3-13-14-4-2-12-6(9)10/h1-4H2,(H,7,8)(H,9,10). The molecular weight excluding hydrogens is 232 g/mol. The summed E-state index contributed by atoms with van der Waals surface area (Å²) in [6.45, 7) is 0.263. The van der Waals surface area contributed by atoms with Gasteiger partial charge in [0.1, 0.15) is 13.2 Å². The van der Waals surface area contributed by atoms with Crippen molar-refractivity contribution in [3.63, 3.8) is 0 Å². The predicted molar refractivity (Wildman–Crippen MR) is 52.9 cm³/mol. The summed E-state index contributed by atoms with van der Waals surface area (Å²) in [6.07, 6.45) is -2.57. The lowest BCUT2D eigenvalue weighted by molar-refractivity contribution is 0.0961. The highest BCUT2D eigenvalue weighted by Crippen LogP contribution is 2.20. The van der Waals surface area contributed by atoms with Gasteiger partial charge in [-0.25, -0.2) is 9.59 Å². The minimum atomic E-state index is -1.29. The quantitative estimate of drug-likeness (QED) is 0.396. The molecule has 0 aliphatic carbocycles. The lowest BCUT2D eigenvalue weighted by Crippen LogP contribution is -2.04. The van der Waals surface area contributed by atoms with E-state index >= 15 is 0 Å². The first kappa shape index (κ1) is 13.2. The molecule has 0 aromatic heterocycles. The van der Waals surface area contributed by atoms with E-state index < -0.39 is 12.3 Å². The Hall–Kier alpha value is -0.760. The molecule has 82 valence electrons. The van der Waals surface area contributed by atoms with E-state index in [4.69, 9.17) is 10.2 Å². The van der Waals surface area contributed by atoms with Crippen LogP contribution >= 0.6 is 21.6 Å². The molecule has 0 fully saturated rings. The van der Waals surface area contributed by atoms with Gasteiger partial charge in [0.15, 0.2) is 0 Å². The molecule has 0 rings (SSSR count). The van der Waals surface area contributed by atoms with Crippen LogP contribution in [0.4, 0.5) is 9.59 Å². The maximum absolute atomic E-state index is 9.89. The van der Waals surface area contributed by atoms with Crippen molar-refractivity contribution in [3.8, 4) is 0 Å². The van der Waals surface area contributed by atoms with E-state index in [2.05, 4.69) is 9.47 Å². The van der Waals surface area contributed by atoms with Gasteiger partial charge in [-0.1, -0.05) is 21.6 Å². The Labute approximate surface area is 88.3 Å². The van der Waals surface area contributed by atoms with E-state index in [0.717, 1.165) is 0 Å². The number of carbonyl (C=O) groups is 2. The number of ether oxygens (including phenoxy) is 2. The molecule has 14 heavy (non-hydrogen) atoms. The number of hydrogen-bond donors (Lipinski definition) is 2. The lowest BCUT2D eigenvalue weighted by Gasteiger charge is -2.00. The Morgan fingerprint density at radius 3 is 1.57 bits per heavy atom. The molecule has 0 radical (unpaired) electrons. The number of hydrogen-bond acceptors (Lipinski definition) is 6. The molecule has 0 saturated carbocycles. The Morgan fingerprint density at radius 1 is 0.929 bits per heavy atom. The van der Waals surface area contributed by atoms with Crippen LogP contribution in [0.25, 0.3) is 0 Å². The first-order valence-electron chi connectivity index (χ1n) is 3.59. The van der Waals surface area contributed by atoms with Crippen LogP contribution in [0.2, 0.25) is 0 Å². The molecule has 0 bridgehead atoms. The molecular formula is C6H10O6S2. The Bertz CT molecular complexity index is 165. The zero-order valence-corrected chi connectivity index (χ0v) is 8.81. The third-order valence-electron chi connectivity index (χ3n) is 0.868. The van der Waals surface area contributed by atoms with Crippen LogP contribution in [0.15, 0.2) is 0 Å². The molecule has 0 heterocycles. The van der Waals surface area contributed by atoms with Gasteiger partial charge in [0.2, 0.25) is 0 Å². The summed E-state index contributed by atoms with van der Waals surface area (Å²) in [5, 5.41) is 16.2. The second-order valence-corrected chi connectivity index (χ2v) is 4.57. The lowest BCUT2D eigenvalue weighted by atomic mass is 10.9. The van der Waals surface area contributed by atoms with Crippen LogP contribution in [0.1, 0.15) is 0 Å². The van der Waals surface area contributed by atoms with Gasteiger partial charge in [-0.2, -0.15) is 0 Å². The maximum atomic E-state index is 9.89. The fourth-order valence-corrected chi connectivity index (χ4v) is 2.10. The van der Waals surface area contributed by atoms with Gasteiger partial charge in [-0.3, -0.25) is 0 Å². The zero-order valence-electron chi connectivity index (χ0n) is 7.17. The first-order chi connectivity index (χ1) is 6.63. The van der Waals surface area contributed by atoms with Crippen molar-refractivity contribution in [2.24, 2.45) is 0 Å². The molecule has 2 N–H and O–H groups in total. The van der Waals surface area contributed by atoms with Crippen LogP contribution in [0.5, 0.6) is 0 Å². The van der Waals surface area contributed by atoms with Gasteiger partial charge < -0.3 is 19.7 Å². The smallest absolute Gasteiger partial charge is 0.450 e. The monoisotopic (exact) mass is 242 g/mol. The molecule has 8 heteroatoms. The fourth-order valence-electron chi connectivity index (χ4n) is 0.444. The first-order valence-corrected chi connectivity index (χ1v) is 6.07. The summed E-state index contributed by atoms with van der Waals surface area (Å²) in [5.41, 5.74) is 0. The van der Waals surface area contributed by atoms with Gasteiger partial charge in [-0.15, -0.1) is 0 Å². The number of carboxylic acid groups (broad SMARTS) is 2. The minimum Gasteiger partial charge on any atom is -0.450 e. The van der Waals surface area contributed by atoms with E-state index in [1.54, 1.807) is 0 Å². The Balaban J connectivity index is 2.99. The molecule has 0 spiro atoms. The molecule has 0 saturated heterocycles. The van der Waals surface area contributed by atoms with Gasteiger partial charge in [0.05, 0.1) is 0 Å². The second-order valence-electron chi connectivity index (χ2n) is 1.87. The van der Waals surface area contributed by atoms with Crippen LogP contribution in [-0.2, 0) is 9.47 Å². The van der Waals surface area contributed by atoms with E-state index in [1.807, 2.05) is 0 Å². The topological polar surface area (TPSA) is 93.1 Å². The van der Waals surface area contributed by atoms with Crippen molar-refractivity contribution in [1.29, 1.82) is 0 Å². The summed E-state index contributed by atoms with van der Waals surface area (Å²) < 4.78 is 8.49. The average molecular weight is 242 g/mol. The molecule has 0 atom stereocenters. The number of rotatable bonds is 7. The second kappa shape index (κ2) is 8.82. The molecule has 6 nitrogen and oxygen atoms in total. The molecule has 0 aromatic rings. The van der Waals surface area contributed by atoms with E-state index in [1.165, 1.54) is 21.6 Å². The molecule has 0 aliphatic heterocycles. The van der Waals surface area contributed by atoms with Crippen molar-refractivity contribution < 1.29 is 29.3 Å². The average Bonchev–Trinajstić information content (AvgIpc) is 2.08. The van der Waals surface area contributed by atoms with Crippen LogP contribution in [-0.4, -0.2) is 47.2 Å². The van der Waals surface area contributed by atoms with E-state index in [0.29, 0.717) is 11.5 Å². The fraction of sp³-hybridized carbons (Fsp3) is 0.667. The molecule has 0 unspecified atom stereocenters. The summed E-state index contributed by atoms with van der Waals surface area (Å²) in [6, 6.07) is 0. The highest BCUT2D eigenvalue weighted by atomic mass is 33.1. The van der Waals surface area contributed by atoms with Crippen LogP contribution in [0, 0.1) is 0 Å². The van der Waals surface area contributed by atoms with E-state index in [-0.39, 0.29) is 13.2 Å². The summed E-state index contributed by atoms with van der Waals surface area (Å²) in [4.78, 5) is 19.8. The summed E-state index contributed by atoms with van der Waals surface area (Å²) in [7, 11) is 2.80. The molecule has 0 aromatic carbocycles. The highest BCUT2D eigenvalue weighted by molar-refractivity contribution is 8.76. The highest BCUT2D eigenvalue weighted by Gasteiger charge is 1.98. The van der Waals surface area contributed by atoms with Gasteiger partial charge in [0.25, 0.3) is 0 Å². The SMILES string of the molecule is O=C(O)OCCSSCCOC(=O)O. The van der Waals surface area contributed by atoms with Crippen LogP contribution < -0.4 is 0 Å². The summed E-state index contributed by atoms with van der Waals surface area (Å²) in [5.74, 6) is 1.06.